The third-order valence-electron chi connectivity index (χ3n) is 3.70. The average molecular weight is 349 g/mol. The second-order valence-electron chi connectivity index (χ2n) is 6.07. The van der Waals surface area contributed by atoms with Crippen molar-refractivity contribution in [3.05, 3.63) is 55.0 Å². The van der Waals surface area contributed by atoms with Gasteiger partial charge in [0.1, 0.15) is 5.65 Å². The van der Waals surface area contributed by atoms with E-state index in [1.807, 2.05) is 19.9 Å². The van der Waals surface area contributed by atoms with Gasteiger partial charge in [0.05, 0.1) is 11.3 Å². The van der Waals surface area contributed by atoms with Gasteiger partial charge in [-0.3, -0.25) is 14.6 Å². The quantitative estimate of drug-likeness (QED) is 0.617. The lowest BCUT2D eigenvalue weighted by Crippen LogP contribution is -2.29. The van der Waals surface area contributed by atoms with Crippen LogP contribution in [0.4, 0.5) is 5.69 Å². The number of carbonyl (C=O) groups excluding carboxylic acids is 2. The van der Waals surface area contributed by atoms with E-state index >= 15 is 0 Å². The molecule has 132 valence electrons. The lowest BCUT2D eigenvalue weighted by Gasteiger charge is -2.08. The predicted molar refractivity (Wildman–Crippen MR) is 101 cm³/mol. The SMILES string of the molecule is C=CC(=O)Nc1ccnc(-c2cnc3[nH]cc(C(=O)NC(C)C)c3c2)c1. The third-order valence-corrected chi connectivity index (χ3v) is 3.70. The summed E-state index contributed by atoms with van der Waals surface area (Å²) in [6.07, 6.45) is 6.12. The van der Waals surface area contributed by atoms with Crippen LogP contribution in [0.1, 0.15) is 24.2 Å². The van der Waals surface area contributed by atoms with Gasteiger partial charge in [-0.15, -0.1) is 0 Å². The van der Waals surface area contributed by atoms with Crippen LogP contribution < -0.4 is 10.6 Å². The van der Waals surface area contributed by atoms with Gasteiger partial charge in [-0.1, -0.05) is 6.58 Å². The van der Waals surface area contributed by atoms with Crippen LogP contribution in [0.3, 0.4) is 0 Å². The number of anilines is 1. The zero-order valence-electron chi connectivity index (χ0n) is 14.5. The molecule has 0 fully saturated rings. The van der Waals surface area contributed by atoms with Gasteiger partial charge in [-0.25, -0.2) is 4.98 Å². The number of H-pyrrole nitrogens is 1. The Hall–Kier alpha value is -3.48. The summed E-state index contributed by atoms with van der Waals surface area (Å²) in [5.74, 6) is -0.459. The summed E-state index contributed by atoms with van der Waals surface area (Å²) in [6, 6.07) is 5.32. The number of nitrogens with one attached hydrogen (secondary N) is 3. The number of aromatic amines is 1. The minimum Gasteiger partial charge on any atom is -0.350 e. The maximum Gasteiger partial charge on any atom is 0.253 e. The number of hydrogen-bond acceptors (Lipinski definition) is 4. The molecule has 0 aliphatic rings. The summed E-state index contributed by atoms with van der Waals surface area (Å²) in [7, 11) is 0. The van der Waals surface area contributed by atoms with Crippen molar-refractivity contribution in [3.8, 4) is 11.3 Å². The van der Waals surface area contributed by atoms with Crippen molar-refractivity contribution in [3.63, 3.8) is 0 Å². The summed E-state index contributed by atoms with van der Waals surface area (Å²) in [5.41, 5.74) is 3.13. The van der Waals surface area contributed by atoms with Crippen molar-refractivity contribution in [1.29, 1.82) is 0 Å². The van der Waals surface area contributed by atoms with Crippen molar-refractivity contribution < 1.29 is 9.59 Å². The Kier molecular flexibility index (Phi) is 4.79. The van der Waals surface area contributed by atoms with E-state index in [2.05, 4.69) is 32.2 Å². The van der Waals surface area contributed by atoms with E-state index in [0.717, 1.165) is 5.56 Å². The highest BCUT2D eigenvalue weighted by Gasteiger charge is 2.15. The Morgan fingerprint density at radius 3 is 2.81 bits per heavy atom. The maximum absolute atomic E-state index is 12.4. The molecule has 0 spiro atoms. The minimum atomic E-state index is -0.297. The van der Waals surface area contributed by atoms with Crippen molar-refractivity contribution in [1.82, 2.24) is 20.3 Å². The van der Waals surface area contributed by atoms with Gasteiger partial charge in [0.2, 0.25) is 5.91 Å². The van der Waals surface area contributed by atoms with Gasteiger partial charge in [-0.05, 0) is 38.1 Å². The Bertz CT molecular complexity index is 991. The first-order valence-corrected chi connectivity index (χ1v) is 8.15. The molecule has 0 aromatic carbocycles. The average Bonchev–Trinajstić information content (AvgIpc) is 3.04. The molecular formula is C19H19N5O2. The fourth-order valence-corrected chi connectivity index (χ4v) is 2.53. The van der Waals surface area contributed by atoms with Crippen molar-refractivity contribution in [2.45, 2.75) is 19.9 Å². The van der Waals surface area contributed by atoms with Crippen molar-refractivity contribution in [2.24, 2.45) is 0 Å². The van der Waals surface area contributed by atoms with E-state index in [9.17, 15) is 9.59 Å². The molecule has 0 saturated heterocycles. The number of aromatic nitrogens is 3. The van der Waals surface area contributed by atoms with Crippen LogP contribution in [0.5, 0.6) is 0 Å². The van der Waals surface area contributed by atoms with Crippen molar-refractivity contribution in [2.75, 3.05) is 5.32 Å². The molecule has 0 atom stereocenters. The van der Waals surface area contributed by atoms with Crippen LogP contribution in [0.15, 0.2) is 49.4 Å². The number of amides is 2. The smallest absolute Gasteiger partial charge is 0.253 e. The molecule has 3 N–H and O–H groups in total. The standard InChI is InChI=1S/C19H19N5O2/c1-4-17(25)24-13-5-6-20-16(8-13)12-7-14-15(19(26)23-11(2)3)10-22-18(14)21-9-12/h4-11H,1H2,2-3H3,(H,21,22)(H,23,26)(H,20,24,25). The molecular weight excluding hydrogens is 330 g/mol. The molecule has 3 heterocycles. The van der Waals surface area contributed by atoms with Gasteiger partial charge >= 0.3 is 0 Å². The second-order valence-corrected chi connectivity index (χ2v) is 6.07. The molecule has 0 radical (unpaired) electrons. The number of pyridine rings is 2. The fraction of sp³-hybridized carbons (Fsp3) is 0.158. The summed E-state index contributed by atoms with van der Waals surface area (Å²) in [4.78, 5) is 35.5. The van der Waals surface area contributed by atoms with E-state index in [4.69, 9.17) is 0 Å². The molecule has 0 aliphatic carbocycles. The summed E-state index contributed by atoms with van der Waals surface area (Å²) in [5, 5.41) is 6.28. The molecule has 0 saturated carbocycles. The molecule has 2 amide bonds. The topological polar surface area (TPSA) is 99.8 Å². The highest BCUT2D eigenvalue weighted by molar-refractivity contribution is 6.06. The second kappa shape index (κ2) is 7.18. The van der Waals surface area contributed by atoms with Crippen molar-refractivity contribution >= 4 is 28.5 Å². The molecule has 7 heteroatoms. The lowest BCUT2D eigenvalue weighted by atomic mass is 10.1. The van der Waals surface area contributed by atoms with Gasteiger partial charge in [0, 0.05) is 41.3 Å². The largest absolute Gasteiger partial charge is 0.350 e. The molecule has 0 aliphatic heterocycles. The van der Waals surface area contributed by atoms with E-state index < -0.39 is 0 Å². The first-order chi connectivity index (χ1) is 12.5. The highest BCUT2D eigenvalue weighted by Crippen LogP contribution is 2.25. The number of fused-ring (bicyclic) bond motifs is 1. The Labute approximate surface area is 150 Å². The minimum absolute atomic E-state index is 0.0374. The number of rotatable bonds is 5. The number of carbonyl (C=O) groups is 2. The monoisotopic (exact) mass is 349 g/mol. The van der Waals surface area contributed by atoms with E-state index in [1.54, 1.807) is 30.7 Å². The number of hydrogen-bond donors (Lipinski definition) is 3. The lowest BCUT2D eigenvalue weighted by molar-refractivity contribution is -0.111. The molecule has 26 heavy (non-hydrogen) atoms. The number of nitrogens with zero attached hydrogens (tertiary/aromatic N) is 2. The highest BCUT2D eigenvalue weighted by atomic mass is 16.2. The first kappa shape index (κ1) is 17.3. The molecule has 3 aromatic heterocycles. The summed E-state index contributed by atoms with van der Waals surface area (Å²) in [6.45, 7) is 7.25. The molecule has 3 aromatic rings. The Balaban J connectivity index is 1.98. The molecule has 0 bridgehead atoms. The van der Waals surface area contributed by atoms with Crippen LogP contribution in [-0.2, 0) is 4.79 Å². The Morgan fingerprint density at radius 2 is 2.08 bits per heavy atom. The summed E-state index contributed by atoms with van der Waals surface area (Å²) < 4.78 is 0. The van der Waals surface area contributed by atoms with Crippen LogP contribution in [0, 0.1) is 0 Å². The predicted octanol–water partition coefficient (Wildman–Crippen LogP) is 2.89. The molecule has 3 rings (SSSR count). The van der Waals surface area contributed by atoms with Crippen LogP contribution in [0.25, 0.3) is 22.3 Å². The van der Waals surface area contributed by atoms with Gasteiger partial charge in [0.15, 0.2) is 0 Å². The maximum atomic E-state index is 12.4. The van der Waals surface area contributed by atoms with E-state index in [1.165, 1.54) is 6.08 Å². The summed E-state index contributed by atoms with van der Waals surface area (Å²) >= 11 is 0. The van der Waals surface area contributed by atoms with Gasteiger partial charge in [0.25, 0.3) is 5.91 Å². The zero-order chi connectivity index (χ0) is 18.7. The van der Waals surface area contributed by atoms with E-state index in [0.29, 0.717) is 28.0 Å². The van der Waals surface area contributed by atoms with Gasteiger partial charge in [-0.2, -0.15) is 0 Å². The molecule has 0 unspecified atom stereocenters. The third kappa shape index (κ3) is 3.61. The van der Waals surface area contributed by atoms with Crippen LogP contribution in [-0.4, -0.2) is 32.8 Å². The van der Waals surface area contributed by atoms with E-state index in [-0.39, 0.29) is 17.9 Å². The molecule has 7 nitrogen and oxygen atoms in total. The van der Waals surface area contributed by atoms with Crippen LogP contribution in [0.2, 0.25) is 0 Å². The van der Waals surface area contributed by atoms with Crippen LogP contribution >= 0.6 is 0 Å². The fourth-order valence-electron chi connectivity index (χ4n) is 2.53. The van der Waals surface area contributed by atoms with Gasteiger partial charge < -0.3 is 15.6 Å². The first-order valence-electron chi connectivity index (χ1n) is 8.15. The Morgan fingerprint density at radius 1 is 1.27 bits per heavy atom. The zero-order valence-corrected chi connectivity index (χ0v) is 14.5. The normalized spacial score (nSPS) is 10.7.